The SMILES string of the molecule is C1=CC2c3ccccc3OC2C(C2=Cc3c([nH]c4ccc5c6ccccc6sc5c34)CC2)=C1. The van der Waals surface area contributed by atoms with Gasteiger partial charge in [-0.15, -0.1) is 11.3 Å². The quantitative estimate of drug-likeness (QED) is 0.280. The second-order valence-corrected chi connectivity index (χ2v) is 10.3. The number of hydrogen-bond donors (Lipinski definition) is 1. The van der Waals surface area contributed by atoms with Crippen LogP contribution in [-0.2, 0) is 6.42 Å². The largest absolute Gasteiger partial charge is 0.484 e. The van der Waals surface area contributed by atoms with Gasteiger partial charge in [0.15, 0.2) is 0 Å². The van der Waals surface area contributed by atoms with Gasteiger partial charge in [-0.05, 0) is 48.3 Å². The summed E-state index contributed by atoms with van der Waals surface area (Å²) >= 11 is 1.91. The summed E-state index contributed by atoms with van der Waals surface area (Å²) in [5.74, 6) is 1.34. The standard InChI is InChI=1S/C30H21NOS/c1-3-10-26-19(6-1)21-9-5-8-18(29(21)32-26)17-12-14-24-23(16-17)28-25(31-24)15-13-22-20-7-2-4-11-27(20)33-30(22)28/h1-11,13,15-16,21,29,31H,12,14H2. The third kappa shape index (κ3) is 2.43. The van der Waals surface area contributed by atoms with Crippen molar-refractivity contribution >= 4 is 48.5 Å². The van der Waals surface area contributed by atoms with Crippen molar-refractivity contribution in [3.8, 4) is 5.75 Å². The molecular weight excluding hydrogens is 422 g/mol. The van der Waals surface area contributed by atoms with Crippen molar-refractivity contribution in [3.63, 3.8) is 0 Å². The zero-order chi connectivity index (χ0) is 21.5. The summed E-state index contributed by atoms with van der Waals surface area (Å²) in [5.41, 5.74) is 8.02. The number of fused-ring (bicyclic) bond motifs is 10. The predicted molar refractivity (Wildman–Crippen MR) is 138 cm³/mol. The molecule has 3 aromatic carbocycles. The van der Waals surface area contributed by atoms with Gasteiger partial charge in [-0.25, -0.2) is 0 Å². The topological polar surface area (TPSA) is 25.0 Å². The number of ether oxygens (including phenoxy) is 1. The molecule has 0 saturated heterocycles. The highest BCUT2D eigenvalue weighted by atomic mass is 32.1. The number of para-hydroxylation sites is 1. The van der Waals surface area contributed by atoms with E-state index in [0.717, 1.165) is 18.6 Å². The Balaban J connectivity index is 1.31. The number of rotatable bonds is 1. The zero-order valence-electron chi connectivity index (χ0n) is 18.0. The molecule has 2 aliphatic carbocycles. The fourth-order valence-corrected chi connectivity index (χ4v) is 7.26. The molecule has 0 fully saturated rings. The van der Waals surface area contributed by atoms with Gasteiger partial charge in [-0.2, -0.15) is 0 Å². The van der Waals surface area contributed by atoms with Crippen LogP contribution >= 0.6 is 11.3 Å². The van der Waals surface area contributed by atoms with E-state index in [9.17, 15) is 0 Å². The summed E-state index contributed by atoms with van der Waals surface area (Å²) in [5, 5.41) is 4.09. The van der Waals surface area contributed by atoms with E-state index >= 15 is 0 Å². The van der Waals surface area contributed by atoms with Crippen LogP contribution in [0, 0.1) is 0 Å². The first kappa shape index (κ1) is 17.9. The average molecular weight is 444 g/mol. The molecule has 1 aliphatic heterocycles. The van der Waals surface area contributed by atoms with Crippen LogP contribution in [0.15, 0.2) is 90.0 Å². The minimum Gasteiger partial charge on any atom is -0.484 e. The van der Waals surface area contributed by atoms with Crippen LogP contribution < -0.4 is 4.74 Å². The molecule has 33 heavy (non-hydrogen) atoms. The Morgan fingerprint density at radius 3 is 2.82 bits per heavy atom. The number of aryl methyl sites for hydroxylation is 1. The van der Waals surface area contributed by atoms with Gasteiger partial charge in [0, 0.05) is 53.8 Å². The summed E-state index contributed by atoms with van der Waals surface area (Å²) in [6.45, 7) is 0. The monoisotopic (exact) mass is 443 g/mol. The number of allylic oxidation sites excluding steroid dienone is 2. The Morgan fingerprint density at radius 2 is 1.82 bits per heavy atom. The molecule has 2 aromatic heterocycles. The van der Waals surface area contributed by atoms with E-state index in [0.29, 0.717) is 5.92 Å². The van der Waals surface area contributed by atoms with Crippen molar-refractivity contribution in [2.75, 3.05) is 0 Å². The number of thiophene rings is 1. The van der Waals surface area contributed by atoms with Crippen LogP contribution in [0.2, 0.25) is 0 Å². The lowest BCUT2D eigenvalue weighted by Gasteiger charge is -2.26. The van der Waals surface area contributed by atoms with E-state index in [1.807, 2.05) is 11.3 Å². The van der Waals surface area contributed by atoms with E-state index in [2.05, 4.69) is 90.0 Å². The average Bonchev–Trinajstić information content (AvgIpc) is 3.54. The van der Waals surface area contributed by atoms with E-state index < -0.39 is 0 Å². The van der Waals surface area contributed by atoms with Crippen LogP contribution in [-0.4, -0.2) is 11.1 Å². The number of H-pyrrole nitrogens is 1. The second-order valence-electron chi connectivity index (χ2n) is 9.26. The maximum absolute atomic E-state index is 6.48. The van der Waals surface area contributed by atoms with Crippen molar-refractivity contribution in [1.82, 2.24) is 4.98 Å². The Morgan fingerprint density at radius 1 is 0.909 bits per heavy atom. The van der Waals surface area contributed by atoms with E-state index in [1.54, 1.807) is 0 Å². The maximum Gasteiger partial charge on any atom is 0.134 e. The zero-order valence-corrected chi connectivity index (χ0v) is 18.8. The smallest absolute Gasteiger partial charge is 0.134 e. The lowest BCUT2D eigenvalue weighted by atomic mass is 9.81. The van der Waals surface area contributed by atoms with E-state index in [-0.39, 0.29) is 6.10 Å². The first-order valence-electron chi connectivity index (χ1n) is 11.6. The first-order valence-corrected chi connectivity index (χ1v) is 12.5. The van der Waals surface area contributed by atoms with Gasteiger partial charge >= 0.3 is 0 Å². The van der Waals surface area contributed by atoms with Crippen molar-refractivity contribution in [2.45, 2.75) is 24.9 Å². The molecule has 8 rings (SSSR count). The molecule has 0 spiro atoms. The second kappa shape index (κ2) is 6.49. The molecule has 0 bridgehead atoms. The molecule has 3 heteroatoms. The van der Waals surface area contributed by atoms with Crippen molar-refractivity contribution in [3.05, 3.63) is 107 Å². The van der Waals surface area contributed by atoms with Crippen molar-refractivity contribution in [1.29, 1.82) is 0 Å². The van der Waals surface area contributed by atoms with Crippen LogP contribution in [0.5, 0.6) is 5.75 Å². The molecule has 5 aromatic rings. The summed E-state index contributed by atoms with van der Waals surface area (Å²) < 4.78 is 9.23. The fraction of sp³-hybridized carbons (Fsp3) is 0.133. The van der Waals surface area contributed by atoms with Crippen LogP contribution in [0.3, 0.4) is 0 Å². The minimum absolute atomic E-state index is 0.0785. The third-order valence-corrected chi connectivity index (χ3v) is 8.72. The van der Waals surface area contributed by atoms with Gasteiger partial charge in [0.2, 0.25) is 0 Å². The lowest BCUT2D eigenvalue weighted by Crippen LogP contribution is -2.24. The molecule has 2 unspecified atom stereocenters. The normalized spacial score (nSPS) is 21.0. The van der Waals surface area contributed by atoms with Crippen LogP contribution in [0.1, 0.15) is 29.2 Å². The highest BCUT2D eigenvalue weighted by Gasteiger charge is 2.37. The first-order chi connectivity index (χ1) is 16.3. The van der Waals surface area contributed by atoms with Gasteiger partial charge in [-0.1, -0.05) is 60.7 Å². The molecule has 1 N–H and O–H groups in total. The molecule has 3 heterocycles. The molecule has 158 valence electrons. The minimum atomic E-state index is 0.0785. The Bertz CT molecular complexity index is 1710. The van der Waals surface area contributed by atoms with Gasteiger partial charge in [0.1, 0.15) is 11.9 Å². The number of aromatic amines is 1. The van der Waals surface area contributed by atoms with Crippen molar-refractivity contribution < 1.29 is 4.74 Å². The molecule has 0 saturated carbocycles. The van der Waals surface area contributed by atoms with Crippen LogP contribution in [0.25, 0.3) is 37.2 Å². The van der Waals surface area contributed by atoms with Gasteiger partial charge in [0.25, 0.3) is 0 Å². The van der Waals surface area contributed by atoms with Gasteiger partial charge in [-0.3, -0.25) is 0 Å². The Hall–Kier alpha value is -3.56. The number of nitrogens with one attached hydrogen (secondary N) is 1. The summed E-state index contributed by atoms with van der Waals surface area (Å²) in [6, 6.07) is 21.8. The van der Waals surface area contributed by atoms with Crippen molar-refractivity contribution in [2.24, 2.45) is 0 Å². The maximum atomic E-state index is 6.48. The third-order valence-electron chi connectivity index (χ3n) is 7.52. The summed E-state index contributed by atoms with van der Waals surface area (Å²) in [4.78, 5) is 3.73. The molecule has 2 nitrogen and oxygen atoms in total. The number of benzene rings is 3. The summed E-state index contributed by atoms with van der Waals surface area (Å²) in [7, 11) is 0. The Kier molecular flexibility index (Phi) is 3.53. The van der Waals surface area contributed by atoms with Crippen LogP contribution in [0.4, 0.5) is 0 Å². The highest BCUT2D eigenvalue weighted by Crippen LogP contribution is 2.47. The van der Waals surface area contributed by atoms with E-state index in [4.69, 9.17) is 4.74 Å². The number of hydrogen-bond acceptors (Lipinski definition) is 2. The van der Waals surface area contributed by atoms with Gasteiger partial charge in [0.05, 0.1) is 0 Å². The fourth-order valence-electron chi connectivity index (χ4n) is 5.99. The Labute approximate surface area is 195 Å². The van der Waals surface area contributed by atoms with Gasteiger partial charge < -0.3 is 9.72 Å². The molecule has 0 amide bonds. The summed E-state index contributed by atoms with van der Waals surface area (Å²) in [6.07, 6.45) is 11.4. The number of aromatic nitrogens is 1. The molecule has 2 atom stereocenters. The van der Waals surface area contributed by atoms with E-state index in [1.165, 1.54) is 59.0 Å². The lowest BCUT2D eigenvalue weighted by molar-refractivity contribution is 0.257. The molecule has 3 aliphatic rings. The highest BCUT2D eigenvalue weighted by molar-refractivity contribution is 7.26. The predicted octanol–water partition coefficient (Wildman–Crippen LogP) is 7.91. The molecular formula is C30H21NOS. The molecule has 0 radical (unpaired) electrons.